The molecular weight excluding hydrogens is 272 g/mol. The summed E-state index contributed by atoms with van der Waals surface area (Å²) in [5.74, 6) is -1.22. The van der Waals surface area contributed by atoms with Gasteiger partial charge in [-0.05, 0) is 26.0 Å². The van der Waals surface area contributed by atoms with Gasteiger partial charge < -0.3 is 21.7 Å². The molecule has 0 bridgehead atoms. The minimum absolute atomic E-state index is 0.184. The van der Waals surface area contributed by atoms with Gasteiger partial charge in [-0.2, -0.15) is 0 Å². The first-order valence-electron chi connectivity index (χ1n) is 6.56. The highest BCUT2D eigenvalue weighted by Crippen LogP contribution is 2.08. The molecule has 114 valence electrons. The summed E-state index contributed by atoms with van der Waals surface area (Å²) in [6, 6.07) is 6.60. The minimum atomic E-state index is -0.714. The molecule has 0 fully saturated rings. The topological polar surface area (TPSA) is 113 Å². The fourth-order valence-electron chi connectivity index (χ4n) is 1.50. The molecule has 0 aliphatic rings. The highest BCUT2D eigenvalue weighted by atomic mass is 16.2. The van der Waals surface area contributed by atoms with E-state index < -0.39 is 17.9 Å². The Bertz CT molecular complexity index is 513. The molecule has 0 saturated carbocycles. The summed E-state index contributed by atoms with van der Waals surface area (Å²) in [5, 5.41) is 7.50. The van der Waals surface area contributed by atoms with E-state index in [9.17, 15) is 14.4 Å². The quantitative estimate of drug-likeness (QED) is 0.566. The van der Waals surface area contributed by atoms with Crippen molar-refractivity contribution in [1.29, 1.82) is 0 Å². The molecule has 1 rings (SSSR count). The van der Waals surface area contributed by atoms with Gasteiger partial charge in [-0.15, -0.1) is 0 Å². The van der Waals surface area contributed by atoms with E-state index >= 15 is 0 Å². The molecule has 0 aliphatic heterocycles. The van der Waals surface area contributed by atoms with Crippen molar-refractivity contribution in [1.82, 2.24) is 10.6 Å². The number of carbonyl (C=O) groups is 3. The van der Waals surface area contributed by atoms with E-state index in [0.717, 1.165) is 5.56 Å². The number of rotatable bonds is 6. The first kappa shape index (κ1) is 16.6. The van der Waals surface area contributed by atoms with Crippen LogP contribution in [0.1, 0.15) is 12.5 Å². The van der Waals surface area contributed by atoms with Crippen LogP contribution in [-0.4, -0.2) is 36.9 Å². The average Bonchev–Trinajstić information content (AvgIpc) is 2.46. The Morgan fingerprint density at radius 3 is 2.33 bits per heavy atom. The van der Waals surface area contributed by atoms with E-state index in [2.05, 4.69) is 16.0 Å². The lowest BCUT2D eigenvalue weighted by Gasteiger charge is -2.14. The van der Waals surface area contributed by atoms with Crippen molar-refractivity contribution in [2.75, 3.05) is 18.4 Å². The monoisotopic (exact) mass is 292 g/mol. The number of anilines is 1. The highest BCUT2D eigenvalue weighted by Gasteiger charge is 2.15. The third kappa shape index (κ3) is 6.05. The van der Waals surface area contributed by atoms with E-state index in [4.69, 9.17) is 5.73 Å². The zero-order valence-corrected chi connectivity index (χ0v) is 12.1. The largest absolute Gasteiger partial charge is 0.346 e. The number of hydrogen-bond donors (Lipinski definition) is 4. The van der Waals surface area contributed by atoms with Crippen molar-refractivity contribution in [2.45, 2.75) is 19.9 Å². The lowest BCUT2D eigenvalue weighted by molar-refractivity contribution is -0.127. The van der Waals surface area contributed by atoms with Gasteiger partial charge in [0.1, 0.15) is 6.04 Å². The molecule has 7 nitrogen and oxygen atoms in total. The van der Waals surface area contributed by atoms with Crippen LogP contribution >= 0.6 is 0 Å². The maximum atomic E-state index is 11.9. The van der Waals surface area contributed by atoms with Gasteiger partial charge in [0.2, 0.25) is 17.7 Å². The third-order valence-corrected chi connectivity index (χ3v) is 2.72. The van der Waals surface area contributed by atoms with Gasteiger partial charge in [-0.1, -0.05) is 17.7 Å². The number of nitrogens with two attached hydrogens (primary N) is 1. The molecule has 1 aromatic carbocycles. The van der Waals surface area contributed by atoms with E-state index in [-0.39, 0.29) is 19.0 Å². The number of amides is 3. The maximum Gasteiger partial charge on any atom is 0.246 e. The normalized spacial score (nSPS) is 11.4. The van der Waals surface area contributed by atoms with Crippen LogP contribution in [0.3, 0.4) is 0 Å². The molecule has 0 heterocycles. The number of aryl methyl sites for hydroxylation is 1. The number of nitrogens with one attached hydrogen (secondary N) is 3. The van der Waals surface area contributed by atoms with E-state index in [1.807, 2.05) is 19.1 Å². The average molecular weight is 292 g/mol. The van der Waals surface area contributed by atoms with Crippen molar-refractivity contribution in [3.05, 3.63) is 29.8 Å². The predicted octanol–water partition coefficient (Wildman–Crippen LogP) is -0.487. The summed E-state index contributed by atoms with van der Waals surface area (Å²) < 4.78 is 0. The Morgan fingerprint density at radius 1 is 1.14 bits per heavy atom. The van der Waals surface area contributed by atoms with Gasteiger partial charge in [0, 0.05) is 5.69 Å². The number of benzene rings is 1. The molecule has 21 heavy (non-hydrogen) atoms. The molecule has 0 unspecified atom stereocenters. The summed E-state index contributed by atoms with van der Waals surface area (Å²) in [4.78, 5) is 34.3. The Labute approximate surface area is 123 Å². The molecule has 1 atom stereocenters. The molecule has 0 aliphatic carbocycles. The van der Waals surface area contributed by atoms with Crippen LogP contribution in [0.5, 0.6) is 0 Å². The minimum Gasteiger partial charge on any atom is -0.346 e. The molecular formula is C14H20N4O3. The van der Waals surface area contributed by atoms with Crippen LogP contribution in [0, 0.1) is 6.92 Å². The summed E-state index contributed by atoms with van der Waals surface area (Å²) in [6.45, 7) is 3.12. The van der Waals surface area contributed by atoms with Gasteiger partial charge >= 0.3 is 0 Å². The molecule has 0 saturated heterocycles. The zero-order valence-electron chi connectivity index (χ0n) is 12.1. The van der Waals surface area contributed by atoms with Crippen LogP contribution in [-0.2, 0) is 14.4 Å². The van der Waals surface area contributed by atoms with Crippen molar-refractivity contribution in [3.63, 3.8) is 0 Å². The molecule has 3 amide bonds. The SMILES string of the molecule is Cc1ccc(NC(=O)[C@H](C)NC(=O)CNC(=O)CN)cc1. The Hall–Kier alpha value is -2.41. The summed E-state index contributed by atoms with van der Waals surface area (Å²) >= 11 is 0. The number of carbonyl (C=O) groups excluding carboxylic acids is 3. The second-order valence-corrected chi connectivity index (χ2v) is 4.63. The molecule has 0 radical (unpaired) electrons. The zero-order chi connectivity index (χ0) is 15.8. The first-order valence-corrected chi connectivity index (χ1v) is 6.56. The summed E-state index contributed by atoms with van der Waals surface area (Å²) in [5.41, 5.74) is 6.84. The molecule has 0 spiro atoms. The van der Waals surface area contributed by atoms with Gasteiger partial charge in [-0.25, -0.2) is 0 Å². The highest BCUT2D eigenvalue weighted by molar-refractivity contribution is 5.97. The molecule has 1 aromatic rings. The van der Waals surface area contributed by atoms with Crippen molar-refractivity contribution < 1.29 is 14.4 Å². The van der Waals surface area contributed by atoms with Crippen LogP contribution in [0.4, 0.5) is 5.69 Å². The van der Waals surface area contributed by atoms with Crippen molar-refractivity contribution >= 4 is 23.4 Å². The lowest BCUT2D eigenvalue weighted by atomic mass is 10.2. The Kier molecular flexibility index (Phi) is 6.35. The summed E-state index contributed by atoms with van der Waals surface area (Å²) in [6.07, 6.45) is 0. The Balaban J connectivity index is 2.41. The van der Waals surface area contributed by atoms with Crippen molar-refractivity contribution in [2.24, 2.45) is 5.73 Å². The predicted molar refractivity (Wildman–Crippen MR) is 79.5 cm³/mol. The molecule has 0 aromatic heterocycles. The molecule has 5 N–H and O–H groups in total. The van der Waals surface area contributed by atoms with E-state index in [0.29, 0.717) is 5.69 Å². The lowest BCUT2D eigenvalue weighted by Crippen LogP contribution is -2.46. The smallest absolute Gasteiger partial charge is 0.246 e. The first-order chi connectivity index (χ1) is 9.92. The van der Waals surface area contributed by atoms with Crippen LogP contribution in [0.2, 0.25) is 0 Å². The second-order valence-electron chi connectivity index (χ2n) is 4.63. The summed E-state index contributed by atoms with van der Waals surface area (Å²) in [7, 11) is 0. The Morgan fingerprint density at radius 2 is 1.76 bits per heavy atom. The maximum absolute atomic E-state index is 11.9. The van der Waals surface area contributed by atoms with Crippen molar-refractivity contribution in [3.8, 4) is 0 Å². The fraction of sp³-hybridized carbons (Fsp3) is 0.357. The van der Waals surface area contributed by atoms with E-state index in [1.165, 1.54) is 0 Å². The third-order valence-electron chi connectivity index (χ3n) is 2.72. The van der Waals surface area contributed by atoms with Gasteiger partial charge in [0.05, 0.1) is 13.1 Å². The fourth-order valence-corrected chi connectivity index (χ4v) is 1.50. The van der Waals surface area contributed by atoms with Crippen LogP contribution < -0.4 is 21.7 Å². The van der Waals surface area contributed by atoms with E-state index in [1.54, 1.807) is 19.1 Å². The standard InChI is InChI=1S/C14H20N4O3/c1-9-3-5-11(6-4-9)18-14(21)10(2)17-13(20)8-16-12(19)7-15/h3-6,10H,7-8,15H2,1-2H3,(H,16,19)(H,17,20)(H,18,21)/t10-/m0/s1. The van der Waals surface area contributed by atoms with Gasteiger partial charge in [0.15, 0.2) is 0 Å². The van der Waals surface area contributed by atoms with Crippen LogP contribution in [0.15, 0.2) is 24.3 Å². The molecule has 7 heteroatoms. The number of hydrogen-bond acceptors (Lipinski definition) is 4. The second kappa shape index (κ2) is 8.01. The van der Waals surface area contributed by atoms with Gasteiger partial charge in [-0.3, -0.25) is 14.4 Å². The van der Waals surface area contributed by atoms with Crippen LogP contribution in [0.25, 0.3) is 0 Å². The van der Waals surface area contributed by atoms with Gasteiger partial charge in [0.25, 0.3) is 0 Å².